The number of likely N-dealkylation sites (N-methyl/N-ethyl adjacent to an activating group) is 1. The summed E-state index contributed by atoms with van der Waals surface area (Å²) < 4.78 is 0. The zero-order valence-electron chi connectivity index (χ0n) is 12.4. The summed E-state index contributed by atoms with van der Waals surface area (Å²) in [4.78, 5) is 6.46. The molecule has 0 fully saturated rings. The van der Waals surface area contributed by atoms with Crippen molar-refractivity contribution in [2.75, 3.05) is 13.6 Å². The van der Waals surface area contributed by atoms with Gasteiger partial charge in [-0.1, -0.05) is 27.7 Å². The van der Waals surface area contributed by atoms with Crippen molar-refractivity contribution in [2.45, 2.75) is 39.8 Å². The van der Waals surface area contributed by atoms with Crippen molar-refractivity contribution in [3.8, 4) is 0 Å². The summed E-state index contributed by atoms with van der Waals surface area (Å²) in [6, 6.07) is 4.14. The van der Waals surface area contributed by atoms with Crippen LogP contribution >= 0.6 is 0 Å². The fourth-order valence-electron chi connectivity index (χ4n) is 3.08. The van der Waals surface area contributed by atoms with Gasteiger partial charge in [-0.3, -0.25) is 9.88 Å². The van der Waals surface area contributed by atoms with E-state index in [2.05, 4.69) is 56.8 Å². The molecule has 0 radical (unpaired) electrons. The van der Waals surface area contributed by atoms with Gasteiger partial charge in [-0.2, -0.15) is 0 Å². The van der Waals surface area contributed by atoms with Crippen molar-refractivity contribution in [3.05, 3.63) is 30.1 Å². The Labute approximate surface area is 111 Å². The number of nitrogens with two attached hydrogens (primary N) is 1. The Morgan fingerprint density at radius 1 is 1.17 bits per heavy atom. The third kappa shape index (κ3) is 2.90. The Morgan fingerprint density at radius 2 is 1.67 bits per heavy atom. The zero-order chi connectivity index (χ0) is 13.8. The highest BCUT2D eigenvalue weighted by Gasteiger charge is 2.39. The van der Waals surface area contributed by atoms with Gasteiger partial charge >= 0.3 is 0 Å². The van der Waals surface area contributed by atoms with E-state index in [1.54, 1.807) is 0 Å². The molecule has 0 spiro atoms. The van der Waals surface area contributed by atoms with Crippen LogP contribution in [0, 0.1) is 11.8 Å². The molecule has 0 amide bonds. The molecule has 102 valence electrons. The zero-order valence-corrected chi connectivity index (χ0v) is 12.4. The van der Waals surface area contributed by atoms with Crippen molar-refractivity contribution in [2.24, 2.45) is 17.6 Å². The molecule has 2 N–H and O–H groups in total. The average molecular weight is 249 g/mol. The molecule has 0 unspecified atom stereocenters. The highest BCUT2D eigenvalue weighted by Crippen LogP contribution is 2.32. The maximum atomic E-state index is 6.11. The van der Waals surface area contributed by atoms with Crippen LogP contribution in [0.3, 0.4) is 0 Å². The van der Waals surface area contributed by atoms with Crippen molar-refractivity contribution in [3.63, 3.8) is 0 Å². The van der Waals surface area contributed by atoms with Gasteiger partial charge < -0.3 is 5.73 Å². The lowest BCUT2D eigenvalue weighted by Gasteiger charge is -2.48. The van der Waals surface area contributed by atoms with Crippen LogP contribution in [0.1, 0.15) is 33.3 Å². The Balaban J connectivity index is 2.93. The highest BCUT2D eigenvalue weighted by atomic mass is 15.2. The fraction of sp³-hybridized carbons (Fsp3) is 0.667. The number of hydrogen-bond acceptors (Lipinski definition) is 3. The Morgan fingerprint density at radius 3 is 2.06 bits per heavy atom. The second-order valence-electron chi connectivity index (χ2n) is 5.72. The standard InChI is InChI=1S/C15H27N3/c1-12(2)15(11-16,13(3)4)18(5)10-14-6-8-17-9-7-14/h6-9,12-13H,10-11,16H2,1-5H3. The first kappa shape index (κ1) is 15.1. The molecule has 3 heteroatoms. The average Bonchev–Trinajstić information content (AvgIpc) is 2.30. The van der Waals surface area contributed by atoms with E-state index in [0.29, 0.717) is 18.4 Å². The van der Waals surface area contributed by atoms with Gasteiger partial charge in [0, 0.05) is 31.0 Å². The molecule has 0 aliphatic carbocycles. The lowest BCUT2D eigenvalue weighted by atomic mass is 9.75. The van der Waals surface area contributed by atoms with Crippen LogP contribution < -0.4 is 5.73 Å². The van der Waals surface area contributed by atoms with Crippen LogP contribution in [-0.2, 0) is 6.54 Å². The summed E-state index contributed by atoms with van der Waals surface area (Å²) in [7, 11) is 2.17. The Bertz CT molecular complexity index is 338. The molecule has 3 nitrogen and oxygen atoms in total. The molecule has 0 bridgehead atoms. The summed E-state index contributed by atoms with van der Waals surface area (Å²) in [5, 5.41) is 0. The lowest BCUT2D eigenvalue weighted by molar-refractivity contribution is 0.0256. The van der Waals surface area contributed by atoms with Crippen LogP contribution in [0.2, 0.25) is 0 Å². The first-order chi connectivity index (χ1) is 8.45. The SMILES string of the molecule is CC(C)C(CN)(C(C)C)N(C)Cc1ccncc1. The van der Waals surface area contributed by atoms with E-state index < -0.39 is 0 Å². The van der Waals surface area contributed by atoms with Gasteiger partial charge in [0.15, 0.2) is 0 Å². The van der Waals surface area contributed by atoms with E-state index >= 15 is 0 Å². The smallest absolute Gasteiger partial charge is 0.0377 e. The molecule has 1 aromatic heterocycles. The first-order valence-electron chi connectivity index (χ1n) is 6.75. The molecule has 1 aromatic rings. The van der Waals surface area contributed by atoms with Crippen LogP contribution in [0.4, 0.5) is 0 Å². The predicted octanol–water partition coefficient (Wildman–Crippen LogP) is 2.52. The largest absolute Gasteiger partial charge is 0.329 e. The summed E-state index contributed by atoms with van der Waals surface area (Å²) >= 11 is 0. The van der Waals surface area contributed by atoms with Gasteiger partial charge in [-0.15, -0.1) is 0 Å². The third-order valence-electron chi connectivity index (χ3n) is 4.21. The molecule has 0 saturated carbocycles. The third-order valence-corrected chi connectivity index (χ3v) is 4.21. The number of hydrogen-bond donors (Lipinski definition) is 1. The molecule has 0 aliphatic rings. The number of aromatic nitrogens is 1. The van der Waals surface area contributed by atoms with Gasteiger partial charge in [-0.05, 0) is 36.6 Å². The van der Waals surface area contributed by atoms with Crippen LogP contribution in [-0.4, -0.2) is 29.0 Å². The summed E-state index contributed by atoms with van der Waals surface area (Å²) in [5.41, 5.74) is 7.44. The van der Waals surface area contributed by atoms with Crippen molar-refractivity contribution >= 4 is 0 Å². The van der Waals surface area contributed by atoms with Gasteiger partial charge in [0.05, 0.1) is 0 Å². The van der Waals surface area contributed by atoms with Crippen molar-refractivity contribution < 1.29 is 0 Å². The second kappa shape index (κ2) is 6.30. The van der Waals surface area contributed by atoms with E-state index in [4.69, 9.17) is 5.73 Å². The Kier molecular flexibility index (Phi) is 5.29. The fourth-order valence-corrected chi connectivity index (χ4v) is 3.08. The molecule has 18 heavy (non-hydrogen) atoms. The molecular formula is C15H27N3. The van der Waals surface area contributed by atoms with Gasteiger partial charge in [0.25, 0.3) is 0 Å². The number of nitrogens with zero attached hydrogens (tertiary/aromatic N) is 2. The van der Waals surface area contributed by atoms with Crippen molar-refractivity contribution in [1.29, 1.82) is 0 Å². The number of rotatable bonds is 6. The van der Waals surface area contributed by atoms with E-state index in [1.807, 2.05) is 12.4 Å². The van der Waals surface area contributed by atoms with E-state index in [1.165, 1.54) is 5.56 Å². The minimum Gasteiger partial charge on any atom is -0.329 e. The quantitative estimate of drug-likeness (QED) is 0.842. The summed E-state index contributed by atoms with van der Waals surface area (Å²) in [6.07, 6.45) is 3.69. The summed E-state index contributed by atoms with van der Waals surface area (Å²) in [6.45, 7) is 10.6. The first-order valence-corrected chi connectivity index (χ1v) is 6.75. The van der Waals surface area contributed by atoms with Gasteiger partial charge in [0.2, 0.25) is 0 Å². The normalized spacial score (nSPS) is 12.7. The molecular weight excluding hydrogens is 222 g/mol. The van der Waals surface area contributed by atoms with Crippen LogP contribution in [0.5, 0.6) is 0 Å². The molecule has 0 atom stereocenters. The van der Waals surface area contributed by atoms with Crippen LogP contribution in [0.25, 0.3) is 0 Å². The van der Waals surface area contributed by atoms with E-state index in [9.17, 15) is 0 Å². The maximum Gasteiger partial charge on any atom is 0.0377 e. The monoisotopic (exact) mass is 249 g/mol. The second-order valence-corrected chi connectivity index (χ2v) is 5.72. The molecule has 1 rings (SSSR count). The van der Waals surface area contributed by atoms with Gasteiger partial charge in [0.1, 0.15) is 0 Å². The minimum absolute atomic E-state index is 0.0449. The molecule has 1 heterocycles. The molecule has 0 saturated heterocycles. The Hall–Kier alpha value is -0.930. The predicted molar refractivity (Wildman–Crippen MR) is 77.2 cm³/mol. The molecule has 0 aromatic carbocycles. The number of pyridine rings is 1. The van der Waals surface area contributed by atoms with Crippen molar-refractivity contribution in [1.82, 2.24) is 9.88 Å². The minimum atomic E-state index is 0.0449. The summed E-state index contributed by atoms with van der Waals surface area (Å²) in [5.74, 6) is 1.05. The lowest BCUT2D eigenvalue weighted by Crippen LogP contribution is -2.59. The topological polar surface area (TPSA) is 42.1 Å². The maximum absolute atomic E-state index is 6.11. The van der Waals surface area contributed by atoms with E-state index in [0.717, 1.165) is 6.54 Å². The highest BCUT2D eigenvalue weighted by molar-refractivity contribution is 5.11. The van der Waals surface area contributed by atoms with Crippen LogP contribution in [0.15, 0.2) is 24.5 Å². The van der Waals surface area contributed by atoms with Gasteiger partial charge in [-0.25, -0.2) is 0 Å². The van der Waals surface area contributed by atoms with E-state index in [-0.39, 0.29) is 5.54 Å². The molecule has 0 aliphatic heterocycles.